The fraction of sp³-hybridized carbons (Fsp3) is 0.625. The first kappa shape index (κ1) is 16.0. The van der Waals surface area contributed by atoms with Gasteiger partial charge in [-0.15, -0.1) is 0 Å². The normalized spacial score (nSPS) is 22.9. The Morgan fingerprint density at radius 1 is 1.25 bits per heavy atom. The van der Waals surface area contributed by atoms with E-state index in [1.54, 1.807) is 0 Å². The summed E-state index contributed by atoms with van der Waals surface area (Å²) in [6.45, 7) is 3.54. The summed E-state index contributed by atoms with van der Waals surface area (Å²) < 4.78 is 1.15. The molecule has 0 aromatic heterocycles. The molecule has 1 N–H and O–H groups in total. The minimum Gasteiger partial charge on any atom is -0.317 e. The molecule has 0 saturated carbocycles. The molecule has 2 unspecified atom stereocenters. The number of hydrogen-bond acceptors (Lipinski definition) is 3. The van der Waals surface area contributed by atoms with Crippen molar-refractivity contribution in [2.45, 2.75) is 24.9 Å². The van der Waals surface area contributed by atoms with Crippen molar-refractivity contribution >= 4 is 15.9 Å². The number of halogens is 1. The van der Waals surface area contributed by atoms with Crippen molar-refractivity contribution in [1.29, 1.82) is 0 Å². The van der Waals surface area contributed by atoms with E-state index in [0.29, 0.717) is 12.1 Å². The second-order valence-electron chi connectivity index (χ2n) is 5.95. The summed E-state index contributed by atoms with van der Waals surface area (Å²) in [7, 11) is 6.56. The summed E-state index contributed by atoms with van der Waals surface area (Å²) in [6, 6.07) is 9.87. The Morgan fingerprint density at radius 2 is 1.95 bits per heavy atom. The van der Waals surface area contributed by atoms with Crippen molar-refractivity contribution < 1.29 is 0 Å². The predicted octanol–water partition coefficient (Wildman–Crippen LogP) is 2.22. The molecule has 112 valence electrons. The molecule has 0 amide bonds. The van der Waals surface area contributed by atoms with Gasteiger partial charge in [-0.25, -0.2) is 0 Å². The van der Waals surface area contributed by atoms with E-state index < -0.39 is 0 Å². The maximum absolute atomic E-state index is 3.50. The molecule has 1 heterocycles. The quantitative estimate of drug-likeness (QED) is 0.887. The van der Waals surface area contributed by atoms with Crippen LogP contribution in [0.15, 0.2) is 28.7 Å². The average molecular weight is 340 g/mol. The third kappa shape index (κ3) is 4.55. The third-order valence-corrected chi connectivity index (χ3v) is 4.87. The summed E-state index contributed by atoms with van der Waals surface area (Å²) in [5.41, 5.74) is 1.40. The predicted molar refractivity (Wildman–Crippen MR) is 89.2 cm³/mol. The molecule has 3 nitrogen and oxygen atoms in total. The van der Waals surface area contributed by atoms with Crippen molar-refractivity contribution in [3.8, 4) is 0 Å². The molecule has 1 aromatic carbocycles. The Hall–Kier alpha value is -0.420. The topological polar surface area (TPSA) is 18.5 Å². The van der Waals surface area contributed by atoms with Crippen LogP contribution in [0.4, 0.5) is 0 Å². The van der Waals surface area contributed by atoms with Crippen LogP contribution in [0, 0.1) is 0 Å². The maximum atomic E-state index is 3.50. The first-order chi connectivity index (χ1) is 9.58. The fourth-order valence-electron chi connectivity index (χ4n) is 2.89. The van der Waals surface area contributed by atoms with E-state index in [2.05, 4.69) is 76.5 Å². The number of nitrogens with one attached hydrogen (secondary N) is 1. The molecular weight excluding hydrogens is 314 g/mol. The van der Waals surface area contributed by atoms with Gasteiger partial charge in [-0.2, -0.15) is 0 Å². The van der Waals surface area contributed by atoms with Gasteiger partial charge in [0.05, 0.1) is 0 Å². The highest BCUT2D eigenvalue weighted by molar-refractivity contribution is 9.10. The van der Waals surface area contributed by atoms with Gasteiger partial charge in [-0.1, -0.05) is 28.1 Å². The minimum atomic E-state index is 0.537. The van der Waals surface area contributed by atoms with Crippen LogP contribution in [-0.2, 0) is 6.42 Å². The molecule has 4 heteroatoms. The smallest absolute Gasteiger partial charge is 0.0235 e. The van der Waals surface area contributed by atoms with Crippen LogP contribution in [-0.4, -0.2) is 62.7 Å². The summed E-state index contributed by atoms with van der Waals surface area (Å²) >= 11 is 3.50. The van der Waals surface area contributed by atoms with Crippen molar-refractivity contribution in [2.75, 3.05) is 40.8 Å². The van der Waals surface area contributed by atoms with Crippen LogP contribution in [0.1, 0.15) is 12.0 Å². The number of rotatable bonds is 5. The van der Waals surface area contributed by atoms with E-state index in [4.69, 9.17) is 0 Å². The second-order valence-corrected chi connectivity index (χ2v) is 6.86. The lowest BCUT2D eigenvalue weighted by molar-refractivity contribution is 0.102. The Balaban J connectivity index is 1.92. The lowest BCUT2D eigenvalue weighted by Gasteiger charge is -2.39. The Kier molecular flexibility index (Phi) is 6.02. The van der Waals surface area contributed by atoms with E-state index in [0.717, 1.165) is 10.9 Å². The van der Waals surface area contributed by atoms with Gasteiger partial charge < -0.3 is 15.1 Å². The van der Waals surface area contributed by atoms with Crippen LogP contribution >= 0.6 is 15.9 Å². The Bertz CT molecular complexity index is 407. The van der Waals surface area contributed by atoms with Gasteiger partial charge in [-0.05, 0) is 51.7 Å². The number of hydrogen-bond donors (Lipinski definition) is 1. The molecular formula is C16H26BrN3. The van der Waals surface area contributed by atoms with Gasteiger partial charge in [0.2, 0.25) is 0 Å². The standard InChI is InChI=1S/C16H26BrN3/c1-18-15(10-13-4-6-14(17)7-5-13)11-16-12-19(2)8-9-20(16)3/h4-7,15-16,18H,8-12H2,1-3H3. The van der Waals surface area contributed by atoms with Gasteiger partial charge >= 0.3 is 0 Å². The Morgan fingerprint density at radius 3 is 2.60 bits per heavy atom. The number of benzene rings is 1. The number of piperazine rings is 1. The highest BCUT2D eigenvalue weighted by Crippen LogP contribution is 2.16. The molecule has 2 atom stereocenters. The second kappa shape index (κ2) is 7.55. The van der Waals surface area contributed by atoms with Gasteiger partial charge in [0.15, 0.2) is 0 Å². The molecule has 0 bridgehead atoms. The lowest BCUT2D eigenvalue weighted by Crippen LogP contribution is -2.52. The monoisotopic (exact) mass is 339 g/mol. The largest absolute Gasteiger partial charge is 0.317 e. The minimum absolute atomic E-state index is 0.537. The number of nitrogens with zero attached hydrogens (tertiary/aromatic N) is 2. The van der Waals surface area contributed by atoms with E-state index >= 15 is 0 Å². The van der Waals surface area contributed by atoms with E-state index in [1.807, 2.05) is 0 Å². The highest BCUT2D eigenvalue weighted by Gasteiger charge is 2.24. The average Bonchev–Trinajstić information content (AvgIpc) is 2.44. The summed E-state index contributed by atoms with van der Waals surface area (Å²) in [5, 5.41) is 3.49. The van der Waals surface area contributed by atoms with E-state index in [1.165, 1.54) is 31.6 Å². The summed E-state index contributed by atoms with van der Waals surface area (Å²) in [5.74, 6) is 0. The SMILES string of the molecule is CNC(Cc1ccc(Br)cc1)CC1CN(C)CCN1C. The van der Waals surface area contributed by atoms with Crippen LogP contribution in [0.3, 0.4) is 0 Å². The van der Waals surface area contributed by atoms with Gasteiger partial charge in [-0.3, -0.25) is 0 Å². The van der Waals surface area contributed by atoms with E-state index in [9.17, 15) is 0 Å². The van der Waals surface area contributed by atoms with Crippen LogP contribution < -0.4 is 5.32 Å². The molecule has 1 fully saturated rings. The van der Waals surface area contributed by atoms with Crippen LogP contribution in [0.5, 0.6) is 0 Å². The molecule has 1 saturated heterocycles. The molecule has 2 rings (SSSR count). The zero-order valence-corrected chi connectivity index (χ0v) is 14.4. The van der Waals surface area contributed by atoms with Gasteiger partial charge in [0.1, 0.15) is 0 Å². The van der Waals surface area contributed by atoms with Crippen molar-refractivity contribution in [1.82, 2.24) is 15.1 Å². The van der Waals surface area contributed by atoms with Gasteiger partial charge in [0.25, 0.3) is 0 Å². The summed E-state index contributed by atoms with van der Waals surface area (Å²) in [6.07, 6.45) is 2.30. The summed E-state index contributed by atoms with van der Waals surface area (Å²) in [4.78, 5) is 4.95. The zero-order chi connectivity index (χ0) is 14.5. The van der Waals surface area contributed by atoms with Crippen LogP contribution in [0.2, 0.25) is 0 Å². The molecule has 1 aromatic rings. The Labute approximate surface area is 131 Å². The van der Waals surface area contributed by atoms with Crippen LogP contribution in [0.25, 0.3) is 0 Å². The van der Waals surface area contributed by atoms with Crippen molar-refractivity contribution in [3.05, 3.63) is 34.3 Å². The third-order valence-electron chi connectivity index (χ3n) is 4.34. The zero-order valence-electron chi connectivity index (χ0n) is 12.8. The molecule has 1 aliphatic rings. The van der Waals surface area contributed by atoms with E-state index in [-0.39, 0.29) is 0 Å². The highest BCUT2D eigenvalue weighted by atomic mass is 79.9. The fourth-order valence-corrected chi connectivity index (χ4v) is 3.16. The number of likely N-dealkylation sites (N-methyl/N-ethyl adjacent to an activating group) is 3. The molecule has 0 spiro atoms. The molecule has 1 aliphatic heterocycles. The lowest BCUT2D eigenvalue weighted by atomic mass is 9.97. The van der Waals surface area contributed by atoms with Crippen molar-refractivity contribution in [3.63, 3.8) is 0 Å². The first-order valence-corrected chi connectivity index (χ1v) is 8.18. The maximum Gasteiger partial charge on any atom is 0.0235 e. The van der Waals surface area contributed by atoms with Gasteiger partial charge in [0, 0.05) is 36.2 Å². The molecule has 0 aliphatic carbocycles. The molecule has 0 radical (unpaired) electrons. The molecule has 20 heavy (non-hydrogen) atoms. The first-order valence-electron chi connectivity index (χ1n) is 7.39. The van der Waals surface area contributed by atoms with Crippen molar-refractivity contribution in [2.24, 2.45) is 0 Å².